The van der Waals surface area contributed by atoms with Gasteiger partial charge >= 0.3 is 5.97 Å². The lowest BCUT2D eigenvalue weighted by Gasteiger charge is -2.23. The van der Waals surface area contributed by atoms with E-state index in [0.717, 1.165) is 21.4 Å². The van der Waals surface area contributed by atoms with E-state index in [1.807, 2.05) is 25.1 Å². The molecule has 29 heavy (non-hydrogen) atoms. The normalized spacial score (nSPS) is 27.9. The number of nitrogens with one attached hydrogen (secondary N) is 1. The maximum atomic E-state index is 12.8. The fourth-order valence-electron chi connectivity index (χ4n) is 4.62. The Hall–Kier alpha value is -2.48. The molecule has 2 aliphatic carbocycles. The Morgan fingerprint density at radius 2 is 1.83 bits per heavy atom. The maximum Gasteiger partial charge on any atom is 0.329 e. The van der Waals surface area contributed by atoms with Crippen LogP contribution in [0.25, 0.3) is 0 Å². The van der Waals surface area contributed by atoms with E-state index in [1.165, 1.54) is 6.92 Å². The summed E-state index contributed by atoms with van der Waals surface area (Å²) in [6.07, 6.45) is 4.82. The lowest BCUT2D eigenvalue weighted by molar-refractivity contribution is -0.159. The molecule has 2 fully saturated rings. The van der Waals surface area contributed by atoms with Crippen LogP contribution in [0.15, 0.2) is 34.8 Å². The molecule has 1 aromatic rings. The molecule has 1 saturated heterocycles. The van der Waals surface area contributed by atoms with Gasteiger partial charge in [0.1, 0.15) is 6.04 Å². The zero-order valence-electron chi connectivity index (χ0n) is 16.1. The minimum Gasteiger partial charge on any atom is -0.454 e. The highest BCUT2D eigenvalue weighted by Gasteiger charge is 2.60. The first kappa shape index (κ1) is 19.8. The maximum absolute atomic E-state index is 12.8. The van der Waals surface area contributed by atoms with Crippen LogP contribution in [-0.2, 0) is 23.9 Å². The van der Waals surface area contributed by atoms with Crippen molar-refractivity contribution in [3.05, 3.63) is 40.4 Å². The first-order valence-electron chi connectivity index (χ1n) is 9.56. The van der Waals surface area contributed by atoms with E-state index in [-0.39, 0.29) is 35.5 Å². The van der Waals surface area contributed by atoms with E-state index in [9.17, 15) is 19.2 Å². The molecule has 0 unspecified atom stereocenters. The van der Waals surface area contributed by atoms with E-state index in [0.29, 0.717) is 5.69 Å². The number of nitrogens with zero attached hydrogens (tertiary/aromatic N) is 1. The number of allylic oxidation sites excluding steroid dienone is 2. The lowest BCUT2D eigenvalue weighted by Crippen LogP contribution is -2.45. The molecule has 5 atom stereocenters. The van der Waals surface area contributed by atoms with E-state index >= 15 is 0 Å². The number of carbonyl (C=O) groups is 4. The Morgan fingerprint density at radius 3 is 2.41 bits per heavy atom. The van der Waals surface area contributed by atoms with Crippen molar-refractivity contribution in [1.82, 2.24) is 4.90 Å². The van der Waals surface area contributed by atoms with Crippen molar-refractivity contribution in [3.8, 4) is 0 Å². The highest BCUT2D eigenvalue weighted by Crippen LogP contribution is 2.52. The van der Waals surface area contributed by atoms with Crippen LogP contribution in [0.4, 0.5) is 5.69 Å². The predicted molar refractivity (Wildman–Crippen MR) is 107 cm³/mol. The second-order valence-corrected chi connectivity index (χ2v) is 8.75. The van der Waals surface area contributed by atoms with Crippen molar-refractivity contribution in [1.29, 1.82) is 0 Å². The monoisotopic (exact) mass is 460 g/mol. The van der Waals surface area contributed by atoms with Crippen LogP contribution in [0, 0.1) is 30.6 Å². The number of rotatable bonds is 5. The number of hydrogen-bond donors (Lipinski definition) is 1. The number of anilines is 1. The zero-order chi connectivity index (χ0) is 20.9. The van der Waals surface area contributed by atoms with Gasteiger partial charge in [0.15, 0.2) is 6.61 Å². The summed E-state index contributed by atoms with van der Waals surface area (Å²) < 4.78 is 5.97. The molecule has 7 nitrogen and oxygen atoms in total. The second-order valence-electron chi connectivity index (χ2n) is 7.84. The first-order valence-corrected chi connectivity index (χ1v) is 10.3. The van der Waals surface area contributed by atoms with Gasteiger partial charge in [0.2, 0.25) is 11.8 Å². The van der Waals surface area contributed by atoms with Gasteiger partial charge in [-0.25, -0.2) is 4.79 Å². The Labute approximate surface area is 176 Å². The van der Waals surface area contributed by atoms with Crippen molar-refractivity contribution >= 4 is 45.3 Å². The minimum atomic E-state index is -1.05. The number of halogens is 1. The standard InChI is InChI=1S/C21H21BrN2O5/c1-10-7-14(22)5-6-15(10)23-16(25)9-29-21(28)11(2)24-19(26)17-12-3-4-13(8-12)18(17)20(24)27/h3-7,11-13,17-18H,8-9H2,1-2H3,(H,23,25)/t11-,12-,13-,17-,18+/m0/s1. The molecule has 8 heteroatoms. The van der Waals surface area contributed by atoms with Gasteiger partial charge in [0.25, 0.3) is 5.91 Å². The number of imide groups is 1. The number of fused-ring (bicyclic) bond motifs is 5. The van der Waals surface area contributed by atoms with Gasteiger partial charge < -0.3 is 10.1 Å². The average Bonchev–Trinajstić information content (AvgIpc) is 3.35. The van der Waals surface area contributed by atoms with Crippen LogP contribution in [0.5, 0.6) is 0 Å². The number of likely N-dealkylation sites (tertiary alicyclic amines) is 1. The fraction of sp³-hybridized carbons (Fsp3) is 0.429. The summed E-state index contributed by atoms with van der Waals surface area (Å²) in [6.45, 7) is 2.82. The number of carbonyl (C=O) groups excluding carboxylic acids is 4. The quantitative estimate of drug-likeness (QED) is 0.413. The van der Waals surface area contributed by atoms with Crippen LogP contribution in [0.2, 0.25) is 0 Å². The van der Waals surface area contributed by atoms with Crippen molar-refractivity contribution in [2.75, 3.05) is 11.9 Å². The Kier molecular flexibility index (Phi) is 5.06. The zero-order valence-corrected chi connectivity index (χ0v) is 17.6. The average molecular weight is 461 g/mol. The van der Waals surface area contributed by atoms with Crippen LogP contribution in [-0.4, -0.2) is 41.2 Å². The van der Waals surface area contributed by atoms with Crippen LogP contribution >= 0.6 is 15.9 Å². The van der Waals surface area contributed by atoms with Crippen LogP contribution < -0.4 is 5.32 Å². The van der Waals surface area contributed by atoms with Gasteiger partial charge in [0.05, 0.1) is 11.8 Å². The number of amides is 3. The summed E-state index contributed by atoms with van der Waals surface area (Å²) in [5.74, 6) is -2.45. The molecular weight excluding hydrogens is 440 g/mol. The molecule has 3 amide bonds. The van der Waals surface area contributed by atoms with Gasteiger partial charge in [-0.1, -0.05) is 28.1 Å². The highest BCUT2D eigenvalue weighted by molar-refractivity contribution is 9.10. The summed E-state index contributed by atoms with van der Waals surface area (Å²) >= 11 is 3.35. The molecule has 4 rings (SSSR count). The molecule has 1 aromatic carbocycles. The van der Waals surface area contributed by atoms with Gasteiger partial charge in [-0.15, -0.1) is 0 Å². The molecule has 0 radical (unpaired) electrons. The number of benzene rings is 1. The largest absolute Gasteiger partial charge is 0.454 e. The third kappa shape index (κ3) is 3.39. The first-order chi connectivity index (χ1) is 13.8. The summed E-state index contributed by atoms with van der Waals surface area (Å²) in [5.41, 5.74) is 1.47. The summed E-state index contributed by atoms with van der Waals surface area (Å²) in [5, 5.41) is 2.68. The molecule has 0 aromatic heterocycles. The predicted octanol–water partition coefficient (Wildman–Crippen LogP) is 2.43. The van der Waals surface area contributed by atoms with Gasteiger partial charge in [-0.3, -0.25) is 19.3 Å². The van der Waals surface area contributed by atoms with Gasteiger partial charge in [-0.2, -0.15) is 0 Å². The molecule has 1 heterocycles. The number of ether oxygens (including phenoxy) is 1. The van der Waals surface area contributed by atoms with Crippen LogP contribution in [0.3, 0.4) is 0 Å². The Balaban J connectivity index is 1.35. The second kappa shape index (κ2) is 7.40. The van der Waals surface area contributed by atoms with Crippen molar-refractivity contribution in [3.63, 3.8) is 0 Å². The van der Waals surface area contributed by atoms with Crippen LogP contribution in [0.1, 0.15) is 18.9 Å². The molecule has 2 bridgehead atoms. The molecule has 1 saturated carbocycles. The van der Waals surface area contributed by atoms with Gasteiger partial charge in [-0.05, 0) is 55.9 Å². The fourth-order valence-corrected chi connectivity index (χ4v) is 5.10. The SMILES string of the molecule is Cc1cc(Br)ccc1NC(=O)COC(=O)[C@H](C)N1C(=O)[C@@H]2[C@H](C1=O)[C@H]1C=C[C@H]2C1. The molecule has 0 spiro atoms. The highest BCUT2D eigenvalue weighted by atomic mass is 79.9. The van der Waals surface area contributed by atoms with E-state index in [1.54, 1.807) is 12.1 Å². The van der Waals surface area contributed by atoms with E-state index in [2.05, 4.69) is 21.2 Å². The molecule has 3 aliphatic rings. The number of esters is 1. The molecule has 1 N–H and O–H groups in total. The third-order valence-corrected chi connectivity index (χ3v) is 6.53. The number of aryl methyl sites for hydroxylation is 1. The number of hydrogen-bond acceptors (Lipinski definition) is 5. The summed E-state index contributed by atoms with van der Waals surface area (Å²) in [6, 6.07) is 4.33. The van der Waals surface area contributed by atoms with Crippen molar-refractivity contribution < 1.29 is 23.9 Å². The summed E-state index contributed by atoms with van der Waals surface area (Å²) in [4.78, 5) is 51.1. The smallest absolute Gasteiger partial charge is 0.329 e. The third-order valence-electron chi connectivity index (χ3n) is 6.04. The van der Waals surface area contributed by atoms with E-state index < -0.39 is 24.5 Å². The summed E-state index contributed by atoms with van der Waals surface area (Å²) in [7, 11) is 0. The molecular formula is C21H21BrN2O5. The Bertz CT molecular complexity index is 913. The van der Waals surface area contributed by atoms with Crippen molar-refractivity contribution in [2.24, 2.45) is 23.7 Å². The van der Waals surface area contributed by atoms with E-state index in [4.69, 9.17) is 4.74 Å². The van der Waals surface area contributed by atoms with Crippen molar-refractivity contribution in [2.45, 2.75) is 26.3 Å². The lowest BCUT2D eigenvalue weighted by atomic mass is 9.85. The topological polar surface area (TPSA) is 92.8 Å². The molecule has 1 aliphatic heterocycles. The molecule has 152 valence electrons. The Morgan fingerprint density at radius 1 is 1.21 bits per heavy atom. The van der Waals surface area contributed by atoms with Gasteiger partial charge in [0, 0.05) is 10.2 Å². The minimum absolute atomic E-state index is 0.0783.